The summed E-state index contributed by atoms with van der Waals surface area (Å²) in [5, 5.41) is 0. The summed E-state index contributed by atoms with van der Waals surface area (Å²) in [6.45, 7) is 15.5. The summed E-state index contributed by atoms with van der Waals surface area (Å²) in [5.74, 6) is 1.50. The number of hydrogen-bond acceptors (Lipinski definition) is 2. The van der Waals surface area contributed by atoms with E-state index < -0.39 is 0 Å². The van der Waals surface area contributed by atoms with Gasteiger partial charge in [0.15, 0.2) is 0 Å². The highest BCUT2D eigenvalue weighted by molar-refractivity contribution is 5.29. The van der Waals surface area contributed by atoms with Crippen LogP contribution in [0.4, 0.5) is 0 Å². The number of benzene rings is 1. The zero-order valence-electron chi connectivity index (χ0n) is 16.9. The maximum atomic E-state index is 6.23. The van der Waals surface area contributed by atoms with Crippen LogP contribution in [0.3, 0.4) is 0 Å². The van der Waals surface area contributed by atoms with Crippen LogP contribution in [0.2, 0.25) is 0 Å². The molecular weight excluding hydrogens is 296 g/mol. The largest absolute Gasteiger partial charge is 0.465 e. The molecule has 0 bridgehead atoms. The Morgan fingerprint density at radius 2 is 1.42 bits per heavy atom. The summed E-state index contributed by atoms with van der Waals surface area (Å²) in [6, 6.07) is 8.54. The van der Waals surface area contributed by atoms with Gasteiger partial charge in [0.05, 0.1) is 6.10 Å². The molecule has 0 aliphatic heterocycles. The zero-order valence-corrected chi connectivity index (χ0v) is 16.9. The van der Waals surface area contributed by atoms with Crippen LogP contribution in [0.5, 0.6) is 5.75 Å². The third kappa shape index (κ3) is 6.12. The van der Waals surface area contributed by atoms with Gasteiger partial charge >= 0.3 is 0 Å². The van der Waals surface area contributed by atoms with Crippen molar-refractivity contribution in [3.8, 4) is 5.75 Å². The molecule has 1 aromatic carbocycles. The van der Waals surface area contributed by atoms with Gasteiger partial charge in [0.1, 0.15) is 5.75 Å². The molecule has 0 saturated carbocycles. The van der Waals surface area contributed by atoms with Gasteiger partial charge in [0, 0.05) is 6.42 Å². The first kappa shape index (κ1) is 21.0. The minimum absolute atomic E-state index is 0.164. The van der Waals surface area contributed by atoms with Crippen LogP contribution in [-0.4, -0.2) is 12.4 Å². The summed E-state index contributed by atoms with van der Waals surface area (Å²) in [6.07, 6.45) is 5.57. The zero-order chi connectivity index (χ0) is 18.2. The summed E-state index contributed by atoms with van der Waals surface area (Å²) in [4.78, 5) is 0. The predicted molar refractivity (Wildman–Crippen MR) is 104 cm³/mol. The van der Waals surface area contributed by atoms with E-state index in [9.17, 15) is 0 Å². The average Bonchev–Trinajstić information content (AvgIpc) is 2.59. The average molecular weight is 335 g/mol. The number of rotatable bonds is 11. The lowest BCUT2D eigenvalue weighted by Gasteiger charge is -2.35. The Bertz CT molecular complexity index is 437. The Labute approximate surface area is 149 Å². The second-order valence-corrected chi connectivity index (χ2v) is 7.38. The van der Waals surface area contributed by atoms with Crippen molar-refractivity contribution < 1.29 is 9.47 Å². The molecule has 0 aromatic heterocycles. The highest BCUT2D eigenvalue weighted by atomic mass is 16.7. The Morgan fingerprint density at radius 1 is 0.875 bits per heavy atom. The fourth-order valence-electron chi connectivity index (χ4n) is 3.22. The van der Waals surface area contributed by atoms with Crippen LogP contribution in [0, 0.1) is 5.41 Å². The van der Waals surface area contributed by atoms with Crippen molar-refractivity contribution in [3.05, 3.63) is 29.8 Å². The Hall–Kier alpha value is -1.02. The fourth-order valence-corrected chi connectivity index (χ4v) is 3.22. The minimum atomic E-state index is -0.181. The molecule has 0 radical (unpaired) electrons. The third-order valence-corrected chi connectivity index (χ3v) is 5.60. The molecule has 2 unspecified atom stereocenters. The van der Waals surface area contributed by atoms with Gasteiger partial charge in [0.2, 0.25) is 6.29 Å². The van der Waals surface area contributed by atoms with Crippen LogP contribution in [-0.2, 0) is 4.74 Å². The van der Waals surface area contributed by atoms with E-state index in [1.54, 1.807) is 0 Å². The molecular formula is C22H38O2. The van der Waals surface area contributed by atoms with Crippen LogP contribution in [0.1, 0.15) is 92.1 Å². The maximum Gasteiger partial charge on any atom is 0.200 e. The fraction of sp³-hybridized carbons (Fsp3) is 0.727. The van der Waals surface area contributed by atoms with Crippen molar-refractivity contribution in [2.75, 3.05) is 0 Å². The van der Waals surface area contributed by atoms with E-state index in [2.05, 4.69) is 72.7 Å². The molecule has 0 amide bonds. The topological polar surface area (TPSA) is 18.5 Å². The van der Waals surface area contributed by atoms with Gasteiger partial charge in [-0.1, -0.05) is 66.0 Å². The molecule has 2 nitrogen and oxygen atoms in total. The van der Waals surface area contributed by atoms with Crippen molar-refractivity contribution in [1.82, 2.24) is 0 Å². The van der Waals surface area contributed by atoms with Crippen LogP contribution < -0.4 is 4.74 Å². The van der Waals surface area contributed by atoms with Gasteiger partial charge in [-0.15, -0.1) is 0 Å². The van der Waals surface area contributed by atoms with E-state index in [-0.39, 0.29) is 12.4 Å². The molecule has 138 valence electrons. The van der Waals surface area contributed by atoms with Gasteiger partial charge in [-0.2, -0.15) is 0 Å². The van der Waals surface area contributed by atoms with E-state index >= 15 is 0 Å². The smallest absolute Gasteiger partial charge is 0.200 e. The first-order valence-electron chi connectivity index (χ1n) is 9.81. The molecule has 0 heterocycles. The molecule has 1 aromatic rings. The van der Waals surface area contributed by atoms with E-state index in [0.717, 1.165) is 37.9 Å². The van der Waals surface area contributed by atoms with Crippen molar-refractivity contribution in [3.63, 3.8) is 0 Å². The summed E-state index contributed by atoms with van der Waals surface area (Å²) in [5.41, 5.74) is 1.67. The van der Waals surface area contributed by atoms with Gasteiger partial charge in [0.25, 0.3) is 0 Å². The van der Waals surface area contributed by atoms with Crippen LogP contribution in [0.15, 0.2) is 24.3 Å². The van der Waals surface area contributed by atoms with Crippen molar-refractivity contribution in [2.24, 2.45) is 5.41 Å². The quantitative estimate of drug-likeness (QED) is 0.408. The molecule has 1 rings (SSSR count). The van der Waals surface area contributed by atoms with Gasteiger partial charge in [-0.3, -0.25) is 0 Å². The molecule has 0 spiro atoms. The number of hydrogen-bond donors (Lipinski definition) is 0. The second-order valence-electron chi connectivity index (χ2n) is 7.38. The van der Waals surface area contributed by atoms with E-state index in [0.29, 0.717) is 11.3 Å². The molecule has 24 heavy (non-hydrogen) atoms. The van der Waals surface area contributed by atoms with E-state index in [1.165, 1.54) is 5.56 Å². The molecule has 0 N–H and O–H groups in total. The summed E-state index contributed by atoms with van der Waals surface area (Å²) < 4.78 is 12.3. The van der Waals surface area contributed by atoms with Crippen LogP contribution >= 0.6 is 0 Å². The number of ether oxygens (including phenoxy) is 2. The minimum Gasteiger partial charge on any atom is -0.465 e. The second kappa shape index (κ2) is 10.1. The standard InChI is InChI=1S/C22H38O2/c1-8-18(7)19-12-14-20(15-13-19)24-21(23-17(5)6)16-22(9-2,10-3)11-4/h12-15,17-18,21H,8-11,16H2,1-7H3. The molecule has 2 heteroatoms. The molecule has 2 atom stereocenters. The van der Waals surface area contributed by atoms with Crippen molar-refractivity contribution in [1.29, 1.82) is 0 Å². The highest BCUT2D eigenvalue weighted by Gasteiger charge is 2.30. The lowest BCUT2D eigenvalue weighted by atomic mass is 9.77. The Morgan fingerprint density at radius 3 is 1.83 bits per heavy atom. The first-order valence-corrected chi connectivity index (χ1v) is 9.81. The van der Waals surface area contributed by atoms with Crippen LogP contribution in [0.25, 0.3) is 0 Å². The molecule has 0 aliphatic carbocycles. The van der Waals surface area contributed by atoms with Gasteiger partial charge < -0.3 is 9.47 Å². The lowest BCUT2D eigenvalue weighted by Crippen LogP contribution is -2.32. The normalized spacial score (nSPS) is 14.7. The third-order valence-electron chi connectivity index (χ3n) is 5.60. The van der Waals surface area contributed by atoms with Gasteiger partial charge in [-0.05, 0) is 49.3 Å². The maximum absolute atomic E-state index is 6.23. The summed E-state index contributed by atoms with van der Waals surface area (Å²) in [7, 11) is 0. The molecule has 0 aliphatic rings. The molecule has 0 saturated heterocycles. The van der Waals surface area contributed by atoms with Crippen molar-refractivity contribution >= 4 is 0 Å². The molecule has 0 fully saturated rings. The Kier molecular flexibility index (Phi) is 8.83. The highest BCUT2D eigenvalue weighted by Crippen LogP contribution is 2.37. The first-order chi connectivity index (χ1) is 11.4. The SMILES string of the molecule is CCC(C)c1ccc(OC(CC(CC)(CC)CC)OC(C)C)cc1. The Balaban J connectivity index is 2.85. The van der Waals surface area contributed by atoms with Crippen molar-refractivity contribution in [2.45, 2.75) is 98.9 Å². The summed E-state index contributed by atoms with van der Waals surface area (Å²) >= 11 is 0. The monoisotopic (exact) mass is 334 g/mol. The van der Waals surface area contributed by atoms with Gasteiger partial charge in [-0.25, -0.2) is 0 Å². The predicted octanol–water partition coefficient (Wildman–Crippen LogP) is 6.94. The van der Waals surface area contributed by atoms with E-state index in [4.69, 9.17) is 9.47 Å². The van der Waals surface area contributed by atoms with E-state index in [1.807, 2.05) is 0 Å². The lowest BCUT2D eigenvalue weighted by molar-refractivity contribution is -0.131.